The van der Waals surface area contributed by atoms with Gasteiger partial charge in [-0.25, -0.2) is 0 Å². The lowest BCUT2D eigenvalue weighted by molar-refractivity contribution is -0.388. The molecule has 2 saturated heterocycles. The number of imidazole rings is 1. The molecule has 0 radical (unpaired) electrons. The van der Waals surface area contributed by atoms with E-state index >= 15 is 0 Å². The maximum atomic E-state index is 11.1. The molecule has 0 aromatic carbocycles. The Bertz CT molecular complexity index is 537. The van der Waals surface area contributed by atoms with Crippen molar-refractivity contribution in [3.63, 3.8) is 0 Å². The molecule has 2 aliphatic rings. The summed E-state index contributed by atoms with van der Waals surface area (Å²) in [5.74, 6) is 0.760. The lowest BCUT2D eigenvalue weighted by atomic mass is 9.97. The molecule has 0 unspecified atom stereocenters. The lowest BCUT2D eigenvalue weighted by Crippen LogP contribution is -2.50. The molecular weight excluding hydrogens is 302 g/mol. The van der Waals surface area contributed by atoms with Crippen molar-refractivity contribution in [1.29, 1.82) is 0 Å². The fourth-order valence-corrected chi connectivity index (χ4v) is 3.32. The van der Waals surface area contributed by atoms with Crippen molar-refractivity contribution in [2.24, 2.45) is 13.0 Å². The van der Waals surface area contributed by atoms with E-state index in [0.29, 0.717) is 18.3 Å². The highest BCUT2D eigenvalue weighted by atomic mass is 16.6. The molecule has 0 spiro atoms. The average Bonchev–Trinajstić information content (AvgIpc) is 3.19. The maximum absolute atomic E-state index is 11.1. The van der Waals surface area contributed by atoms with Crippen LogP contribution in [-0.4, -0.2) is 71.5 Å². The van der Waals surface area contributed by atoms with Gasteiger partial charge in [-0.15, -0.1) is 0 Å². The van der Waals surface area contributed by atoms with Crippen molar-refractivity contribution in [2.45, 2.75) is 12.5 Å². The number of hydrogen-bond donors (Lipinski definition) is 1. The van der Waals surface area contributed by atoms with Crippen LogP contribution in [0, 0.1) is 16.0 Å². The molecule has 0 saturated carbocycles. The Kier molecular flexibility index (Phi) is 5.09. The van der Waals surface area contributed by atoms with Gasteiger partial charge in [0.25, 0.3) is 0 Å². The van der Waals surface area contributed by atoms with Crippen LogP contribution in [0.5, 0.6) is 0 Å². The monoisotopic (exact) mass is 325 g/mol. The number of nitrogens with one attached hydrogen (secondary N) is 1. The van der Waals surface area contributed by atoms with Gasteiger partial charge in [-0.05, 0) is 16.3 Å². The van der Waals surface area contributed by atoms with E-state index in [1.165, 1.54) is 6.33 Å². The van der Waals surface area contributed by atoms with Crippen LogP contribution in [0.3, 0.4) is 0 Å². The van der Waals surface area contributed by atoms with Gasteiger partial charge in [0.15, 0.2) is 0 Å². The molecule has 0 amide bonds. The first-order chi connectivity index (χ1) is 11.2. The van der Waals surface area contributed by atoms with Crippen LogP contribution in [0.25, 0.3) is 0 Å². The number of nitro groups is 1. The van der Waals surface area contributed by atoms with Gasteiger partial charge in [-0.1, -0.05) is 0 Å². The molecule has 2 fully saturated rings. The Balaban J connectivity index is 1.71. The number of hydrogen-bond acceptors (Lipinski definition) is 7. The van der Waals surface area contributed by atoms with E-state index in [0.717, 1.165) is 45.9 Å². The van der Waals surface area contributed by atoms with E-state index in [-0.39, 0.29) is 11.9 Å². The Labute approximate surface area is 134 Å². The Morgan fingerprint density at radius 3 is 2.87 bits per heavy atom. The Morgan fingerprint density at radius 1 is 1.43 bits per heavy atom. The number of aryl methyl sites for hydroxylation is 1. The van der Waals surface area contributed by atoms with Crippen molar-refractivity contribution >= 4 is 11.6 Å². The zero-order valence-electron chi connectivity index (χ0n) is 13.3. The molecule has 1 aromatic rings. The minimum Gasteiger partial charge on any atom is -0.381 e. The van der Waals surface area contributed by atoms with Crippen molar-refractivity contribution in [2.75, 3.05) is 51.4 Å². The van der Waals surface area contributed by atoms with Crippen LogP contribution in [0.4, 0.5) is 11.6 Å². The van der Waals surface area contributed by atoms with Crippen LogP contribution in [0.2, 0.25) is 0 Å². The van der Waals surface area contributed by atoms with E-state index in [1.807, 2.05) is 0 Å². The molecule has 9 nitrogen and oxygen atoms in total. The molecule has 128 valence electrons. The number of aromatic nitrogens is 2. The number of nitrogens with zero attached hydrogens (tertiary/aromatic N) is 4. The summed E-state index contributed by atoms with van der Waals surface area (Å²) in [7, 11) is 1.75. The summed E-state index contributed by atoms with van der Waals surface area (Å²) < 4.78 is 12.6. The van der Waals surface area contributed by atoms with Crippen LogP contribution < -0.4 is 5.32 Å². The summed E-state index contributed by atoms with van der Waals surface area (Å²) >= 11 is 0. The average molecular weight is 325 g/mol. The molecule has 0 aliphatic carbocycles. The minimum absolute atomic E-state index is 0.129. The third-order valence-electron chi connectivity index (χ3n) is 4.59. The second-order valence-corrected chi connectivity index (χ2v) is 6.01. The molecule has 3 rings (SSSR count). The fourth-order valence-electron chi connectivity index (χ4n) is 3.32. The van der Waals surface area contributed by atoms with E-state index in [9.17, 15) is 10.1 Å². The number of morpholine rings is 1. The van der Waals surface area contributed by atoms with E-state index in [4.69, 9.17) is 9.47 Å². The minimum atomic E-state index is -0.454. The highest BCUT2D eigenvalue weighted by Crippen LogP contribution is 2.25. The molecule has 1 aromatic heterocycles. The number of ether oxygens (including phenoxy) is 2. The predicted molar refractivity (Wildman–Crippen MR) is 83.5 cm³/mol. The highest BCUT2D eigenvalue weighted by molar-refractivity contribution is 5.52. The third kappa shape index (κ3) is 3.62. The van der Waals surface area contributed by atoms with Gasteiger partial charge in [0.1, 0.15) is 0 Å². The number of anilines is 1. The van der Waals surface area contributed by atoms with Crippen molar-refractivity contribution in [1.82, 2.24) is 14.5 Å². The molecule has 23 heavy (non-hydrogen) atoms. The summed E-state index contributed by atoms with van der Waals surface area (Å²) in [6, 6.07) is 0.274. The van der Waals surface area contributed by atoms with Crippen molar-refractivity contribution in [3.8, 4) is 0 Å². The molecule has 2 atom stereocenters. The molecule has 0 bridgehead atoms. The largest absolute Gasteiger partial charge is 0.406 e. The first-order valence-electron chi connectivity index (χ1n) is 7.96. The van der Waals surface area contributed by atoms with Gasteiger partial charge >= 0.3 is 5.82 Å². The van der Waals surface area contributed by atoms with E-state index < -0.39 is 4.92 Å². The van der Waals surface area contributed by atoms with Gasteiger partial charge in [0, 0.05) is 45.2 Å². The number of rotatable bonds is 6. The smallest absolute Gasteiger partial charge is 0.381 e. The van der Waals surface area contributed by atoms with Gasteiger partial charge in [-0.2, -0.15) is 0 Å². The van der Waals surface area contributed by atoms with Gasteiger partial charge in [-0.3, -0.25) is 9.47 Å². The van der Waals surface area contributed by atoms with Crippen molar-refractivity contribution in [3.05, 3.63) is 16.4 Å². The van der Waals surface area contributed by atoms with E-state index in [2.05, 4.69) is 15.2 Å². The van der Waals surface area contributed by atoms with Crippen LogP contribution in [-0.2, 0) is 16.5 Å². The second kappa shape index (κ2) is 7.24. The quantitative estimate of drug-likeness (QED) is 0.600. The Morgan fingerprint density at radius 2 is 2.22 bits per heavy atom. The zero-order chi connectivity index (χ0) is 16.2. The molecule has 9 heteroatoms. The summed E-state index contributed by atoms with van der Waals surface area (Å²) in [5.41, 5.74) is 0. The molecule has 2 aliphatic heterocycles. The van der Waals surface area contributed by atoms with Gasteiger partial charge in [0.05, 0.1) is 19.8 Å². The lowest BCUT2D eigenvalue weighted by Gasteiger charge is -2.37. The van der Waals surface area contributed by atoms with Crippen LogP contribution >= 0.6 is 0 Å². The second-order valence-electron chi connectivity index (χ2n) is 6.01. The zero-order valence-corrected chi connectivity index (χ0v) is 13.3. The van der Waals surface area contributed by atoms with Crippen molar-refractivity contribution < 1.29 is 14.4 Å². The summed E-state index contributed by atoms with van der Waals surface area (Å²) in [4.78, 5) is 16.9. The molecule has 1 N–H and O–H groups in total. The SMILES string of the molecule is Cn1cnc([N+](=O)[O-])c1NC[C@H]([C@@H]1CCOC1)N1CCOCC1. The van der Waals surface area contributed by atoms with Crippen LogP contribution in [0.1, 0.15) is 6.42 Å². The summed E-state index contributed by atoms with van der Waals surface area (Å²) in [6.07, 6.45) is 2.49. The topological polar surface area (TPSA) is 94.7 Å². The summed E-state index contributed by atoms with van der Waals surface area (Å²) in [5, 5.41) is 14.3. The first kappa shape index (κ1) is 16.2. The normalized spacial score (nSPS) is 23.8. The first-order valence-corrected chi connectivity index (χ1v) is 7.96. The Hall–Kier alpha value is -1.71. The van der Waals surface area contributed by atoms with Gasteiger partial charge < -0.3 is 24.9 Å². The fraction of sp³-hybridized carbons (Fsp3) is 0.786. The highest BCUT2D eigenvalue weighted by Gasteiger charge is 2.32. The third-order valence-corrected chi connectivity index (χ3v) is 4.59. The predicted octanol–water partition coefficient (Wildman–Crippen LogP) is 0.478. The van der Waals surface area contributed by atoms with Crippen LogP contribution in [0.15, 0.2) is 6.33 Å². The molecular formula is C14H23N5O4. The standard InChI is InChI=1S/C14H23N5O4/c1-17-10-16-14(19(20)21)13(17)15-8-12(11-2-5-23-9-11)18-3-6-22-7-4-18/h10-12,15H,2-9H2,1H3/t11-,12-/m1/s1. The van der Waals surface area contributed by atoms with Gasteiger partial charge in [0.2, 0.25) is 12.1 Å². The maximum Gasteiger partial charge on any atom is 0.406 e. The molecule has 3 heterocycles. The van der Waals surface area contributed by atoms with E-state index in [1.54, 1.807) is 11.6 Å². The summed E-state index contributed by atoms with van der Waals surface area (Å²) in [6.45, 7) is 5.40.